The topological polar surface area (TPSA) is 16.8 Å². The molecule has 2 nitrogen and oxygen atoms in total. The maximum absolute atomic E-state index is 4.32. The van der Waals surface area contributed by atoms with E-state index in [-0.39, 0.29) is 24.0 Å². The van der Waals surface area contributed by atoms with Crippen molar-refractivity contribution in [1.29, 1.82) is 0 Å². The summed E-state index contributed by atoms with van der Waals surface area (Å²) in [5.41, 5.74) is 1.07. The lowest BCUT2D eigenvalue weighted by molar-refractivity contribution is -0.713. The first-order valence-corrected chi connectivity index (χ1v) is 4.34. The number of halogens is 1. The SMILES string of the molecule is CSc1nc(C)cc[n+]1C.[I-]. The zero-order valence-electron chi connectivity index (χ0n) is 6.84. The second-order valence-corrected chi connectivity index (χ2v) is 2.94. The van der Waals surface area contributed by atoms with Gasteiger partial charge in [-0.1, -0.05) is 0 Å². The van der Waals surface area contributed by atoms with Crippen LogP contribution in [0.4, 0.5) is 0 Å². The maximum Gasteiger partial charge on any atom is 0.358 e. The zero-order valence-corrected chi connectivity index (χ0v) is 9.81. The van der Waals surface area contributed by atoms with Crippen LogP contribution >= 0.6 is 11.8 Å². The van der Waals surface area contributed by atoms with Gasteiger partial charge in [-0.15, -0.1) is 0 Å². The lowest BCUT2D eigenvalue weighted by atomic mass is 10.5. The molecule has 0 atom stereocenters. The smallest absolute Gasteiger partial charge is 0.358 e. The summed E-state index contributed by atoms with van der Waals surface area (Å²) in [6.45, 7) is 2.00. The quantitative estimate of drug-likeness (QED) is 0.255. The van der Waals surface area contributed by atoms with E-state index in [2.05, 4.69) is 4.98 Å². The van der Waals surface area contributed by atoms with Gasteiger partial charge >= 0.3 is 5.16 Å². The third-order valence-corrected chi connectivity index (χ3v) is 2.04. The molecule has 1 rings (SSSR count). The Morgan fingerprint density at radius 3 is 2.64 bits per heavy atom. The zero-order chi connectivity index (χ0) is 7.56. The van der Waals surface area contributed by atoms with Crippen LogP contribution in [0.1, 0.15) is 5.69 Å². The molecule has 0 spiro atoms. The van der Waals surface area contributed by atoms with Gasteiger partial charge in [0.15, 0.2) is 5.69 Å². The minimum absolute atomic E-state index is 0. The van der Waals surface area contributed by atoms with E-state index in [0.29, 0.717) is 0 Å². The first-order chi connectivity index (χ1) is 4.74. The summed E-state index contributed by atoms with van der Waals surface area (Å²) in [6, 6.07) is 2.00. The van der Waals surface area contributed by atoms with E-state index >= 15 is 0 Å². The first-order valence-electron chi connectivity index (χ1n) is 3.11. The van der Waals surface area contributed by atoms with Crippen LogP contribution in [0, 0.1) is 6.92 Å². The van der Waals surface area contributed by atoms with E-state index < -0.39 is 0 Å². The third kappa shape index (κ3) is 2.94. The number of rotatable bonds is 1. The van der Waals surface area contributed by atoms with Crippen molar-refractivity contribution in [1.82, 2.24) is 4.98 Å². The lowest BCUT2D eigenvalue weighted by Gasteiger charge is -1.92. The Morgan fingerprint density at radius 1 is 1.55 bits per heavy atom. The highest BCUT2D eigenvalue weighted by molar-refractivity contribution is 7.98. The number of hydrogen-bond donors (Lipinski definition) is 0. The van der Waals surface area contributed by atoms with Crippen molar-refractivity contribution < 1.29 is 28.5 Å². The average molecular weight is 282 g/mol. The Hall–Kier alpha value is 0.160. The van der Waals surface area contributed by atoms with Gasteiger partial charge in [0, 0.05) is 13.0 Å². The first kappa shape index (κ1) is 11.2. The Kier molecular flexibility index (Phi) is 4.99. The predicted molar refractivity (Wildman–Crippen MR) is 41.9 cm³/mol. The molecule has 62 valence electrons. The van der Waals surface area contributed by atoms with E-state index in [9.17, 15) is 0 Å². The molecule has 0 saturated heterocycles. The molecule has 11 heavy (non-hydrogen) atoms. The fraction of sp³-hybridized carbons (Fsp3) is 0.429. The summed E-state index contributed by atoms with van der Waals surface area (Å²) >= 11 is 1.66. The van der Waals surface area contributed by atoms with Crippen LogP contribution in [0.5, 0.6) is 0 Å². The van der Waals surface area contributed by atoms with Crippen molar-refractivity contribution in [3.63, 3.8) is 0 Å². The molecule has 0 unspecified atom stereocenters. The highest BCUT2D eigenvalue weighted by Gasteiger charge is 2.06. The molecule has 0 saturated carbocycles. The normalized spacial score (nSPS) is 9.00. The molecule has 0 bridgehead atoms. The average Bonchev–Trinajstić information content (AvgIpc) is 1.94. The van der Waals surface area contributed by atoms with Gasteiger partial charge in [-0.3, -0.25) is 0 Å². The largest absolute Gasteiger partial charge is 1.00 e. The van der Waals surface area contributed by atoms with Crippen molar-refractivity contribution in [3.8, 4) is 0 Å². The number of nitrogens with zero attached hydrogens (tertiary/aromatic N) is 2. The van der Waals surface area contributed by atoms with Gasteiger partial charge < -0.3 is 24.0 Å². The molecule has 0 aliphatic carbocycles. The minimum Gasteiger partial charge on any atom is -1.00 e. The van der Waals surface area contributed by atoms with E-state index in [1.165, 1.54) is 0 Å². The minimum atomic E-state index is 0. The van der Waals surface area contributed by atoms with Crippen LogP contribution in [0.3, 0.4) is 0 Å². The third-order valence-electron chi connectivity index (χ3n) is 1.30. The molecule has 1 heterocycles. The van der Waals surface area contributed by atoms with E-state index in [1.807, 2.05) is 37.1 Å². The summed E-state index contributed by atoms with van der Waals surface area (Å²) < 4.78 is 2.01. The number of aryl methyl sites for hydroxylation is 2. The fourth-order valence-corrected chi connectivity index (χ4v) is 1.32. The number of thioether (sulfide) groups is 1. The van der Waals surface area contributed by atoms with E-state index in [0.717, 1.165) is 10.9 Å². The van der Waals surface area contributed by atoms with Crippen LogP contribution in [-0.4, -0.2) is 11.2 Å². The summed E-state index contributed by atoms with van der Waals surface area (Å²) in [7, 11) is 2.00. The number of aromatic nitrogens is 2. The van der Waals surface area contributed by atoms with Gasteiger partial charge in [0.25, 0.3) is 0 Å². The molecule has 0 radical (unpaired) electrons. The number of hydrogen-bond acceptors (Lipinski definition) is 2. The highest BCUT2D eigenvalue weighted by atomic mass is 127. The highest BCUT2D eigenvalue weighted by Crippen LogP contribution is 2.04. The Balaban J connectivity index is 0.000001000. The molecule has 0 fully saturated rings. The second kappa shape index (κ2) is 4.92. The second-order valence-electron chi connectivity index (χ2n) is 2.17. The molecule has 0 aliphatic rings. The van der Waals surface area contributed by atoms with Gasteiger partial charge in [0.05, 0.1) is 13.2 Å². The van der Waals surface area contributed by atoms with E-state index in [1.54, 1.807) is 11.8 Å². The van der Waals surface area contributed by atoms with Crippen LogP contribution < -0.4 is 28.5 Å². The molecule has 0 N–H and O–H groups in total. The maximum atomic E-state index is 4.32. The molecule has 1 aromatic heterocycles. The van der Waals surface area contributed by atoms with Crippen LogP contribution in [0.15, 0.2) is 17.4 Å². The van der Waals surface area contributed by atoms with Gasteiger partial charge in [-0.25, -0.2) is 4.57 Å². The summed E-state index contributed by atoms with van der Waals surface area (Å²) in [4.78, 5) is 4.32. The molecule has 1 aromatic rings. The molecule has 4 heteroatoms. The van der Waals surface area contributed by atoms with Crippen molar-refractivity contribution in [2.75, 3.05) is 6.26 Å². The predicted octanol–water partition coefficient (Wildman–Crippen LogP) is -2.06. The lowest BCUT2D eigenvalue weighted by Crippen LogP contribution is -3.00. The van der Waals surface area contributed by atoms with Crippen LogP contribution in [-0.2, 0) is 7.05 Å². The van der Waals surface area contributed by atoms with Crippen LogP contribution in [0.2, 0.25) is 0 Å². The van der Waals surface area contributed by atoms with Crippen LogP contribution in [0.25, 0.3) is 0 Å². The van der Waals surface area contributed by atoms with Gasteiger partial charge in [-0.2, -0.15) is 0 Å². The monoisotopic (exact) mass is 282 g/mol. The molecular formula is C7H11IN2S. The van der Waals surface area contributed by atoms with Gasteiger partial charge in [0.2, 0.25) is 0 Å². The standard InChI is InChI=1S/C7H11N2S.HI/c1-6-4-5-9(2)7(8-6)10-3;/h4-5H,1-3H3;1H/q+1;/p-1. The van der Waals surface area contributed by atoms with Crippen molar-refractivity contribution >= 4 is 11.8 Å². The van der Waals surface area contributed by atoms with E-state index in [4.69, 9.17) is 0 Å². The Bertz CT molecular complexity index is 240. The molecular weight excluding hydrogens is 271 g/mol. The molecule has 0 amide bonds. The molecule has 0 aromatic carbocycles. The Labute approximate surface area is 88.4 Å². The van der Waals surface area contributed by atoms with Crippen molar-refractivity contribution in [2.45, 2.75) is 12.1 Å². The van der Waals surface area contributed by atoms with Gasteiger partial charge in [-0.05, 0) is 23.0 Å². The van der Waals surface area contributed by atoms with Crippen molar-refractivity contribution in [3.05, 3.63) is 18.0 Å². The fourth-order valence-electron chi connectivity index (χ4n) is 0.740. The Morgan fingerprint density at radius 2 is 2.18 bits per heavy atom. The van der Waals surface area contributed by atoms with Gasteiger partial charge in [0.1, 0.15) is 0 Å². The van der Waals surface area contributed by atoms with Crippen molar-refractivity contribution in [2.24, 2.45) is 7.05 Å². The summed E-state index contributed by atoms with van der Waals surface area (Å²) in [5, 5.41) is 1.06. The summed E-state index contributed by atoms with van der Waals surface area (Å²) in [5.74, 6) is 0. The summed E-state index contributed by atoms with van der Waals surface area (Å²) in [6.07, 6.45) is 4.05. The molecule has 0 aliphatic heterocycles.